The molecule has 0 aliphatic heterocycles. The van der Waals surface area contributed by atoms with Crippen LogP contribution < -0.4 is 5.73 Å². The van der Waals surface area contributed by atoms with E-state index in [2.05, 4.69) is 40.6 Å². The predicted octanol–water partition coefficient (Wildman–Crippen LogP) is 3.02. The maximum absolute atomic E-state index is 5.76. The molecule has 1 aliphatic rings. The topological polar surface area (TPSA) is 42.1 Å². The Morgan fingerprint density at radius 3 is 2.71 bits per heavy atom. The zero-order valence-corrected chi connectivity index (χ0v) is 13.2. The van der Waals surface area contributed by atoms with Crippen LogP contribution in [0.4, 0.5) is 0 Å². The number of hydrogen-bond acceptors (Lipinski definition) is 4. The van der Waals surface area contributed by atoms with Crippen molar-refractivity contribution in [1.29, 1.82) is 0 Å². The lowest BCUT2D eigenvalue weighted by Crippen LogP contribution is -2.31. The van der Waals surface area contributed by atoms with Crippen molar-refractivity contribution in [3.8, 4) is 0 Å². The predicted molar refractivity (Wildman–Crippen MR) is 88.6 cm³/mol. The summed E-state index contributed by atoms with van der Waals surface area (Å²) in [5.41, 5.74) is 8.35. The van der Waals surface area contributed by atoms with Gasteiger partial charge in [-0.1, -0.05) is 30.3 Å². The first kappa shape index (κ1) is 14.7. The van der Waals surface area contributed by atoms with E-state index in [1.54, 1.807) is 0 Å². The van der Waals surface area contributed by atoms with Crippen LogP contribution in [0.25, 0.3) is 0 Å². The summed E-state index contributed by atoms with van der Waals surface area (Å²) in [6.07, 6.45) is 3.72. The Balaban J connectivity index is 1.55. The summed E-state index contributed by atoms with van der Waals surface area (Å²) < 4.78 is 0. The maximum Gasteiger partial charge on any atom is 0.0959 e. The largest absolute Gasteiger partial charge is 0.329 e. The summed E-state index contributed by atoms with van der Waals surface area (Å²) in [6, 6.07) is 10.6. The molecule has 3 rings (SSSR count). The first-order valence-corrected chi connectivity index (χ1v) is 8.64. The molecule has 3 nitrogen and oxygen atoms in total. The molecule has 1 fully saturated rings. The van der Waals surface area contributed by atoms with Gasteiger partial charge in [0.2, 0.25) is 0 Å². The maximum atomic E-state index is 5.76. The number of thiazole rings is 1. The van der Waals surface area contributed by atoms with Gasteiger partial charge in [-0.3, -0.25) is 4.90 Å². The highest BCUT2D eigenvalue weighted by Gasteiger charge is 2.26. The van der Waals surface area contributed by atoms with Crippen LogP contribution in [0.3, 0.4) is 0 Å². The average molecular weight is 301 g/mol. The Labute approximate surface area is 130 Å². The van der Waals surface area contributed by atoms with E-state index in [0.29, 0.717) is 6.54 Å². The molecule has 112 valence electrons. The van der Waals surface area contributed by atoms with Crippen LogP contribution in [0.5, 0.6) is 0 Å². The monoisotopic (exact) mass is 301 g/mol. The first-order chi connectivity index (χ1) is 10.3. The molecule has 1 aromatic heterocycles. The van der Waals surface area contributed by atoms with Crippen molar-refractivity contribution in [2.45, 2.75) is 31.7 Å². The summed E-state index contributed by atoms with van der Waals surface area (Å²) in [5.74, 6) is 0.760. The van der Waals surface area contributed by atoms with Crippen LogP contribution in [0.2, 0.25) is 0 Å². The molecule has 0 unspecified atom stereocenters. The molecule has 4 heteroatoms. The summed E-state index contributed by atoms with van der Waals surface area (Å²) in [4.78, 5) is 7.20. The minimum absolute atomic E-state index is 0.703. The van der Waals surface area contributed by atoms with E-state index in [1.807, 2.05) is 11.3 Å². The zero-order valence-electron chi connectivity index (χ0n) is 12.4. The van der Waals surface area contributed by atoms with E-state index in [9.17, 15) is 0 Å². The average Bonchev–Trinajstić information content (AvgIpc) is 3.26. The van der Waals surface area contributed by atoms with Gasteiger partial charge in [0, 0.05) is 37.5 Å². The third-order valence-electron chi connectivity index (χ3n) is 3.89. The molecule has 1 aromatic carbocycles. The molecule has 0 radical (unpaired) electrons. The van der Waals surface area contributed by atoms with Crippen LogP contribution in [0.15, 0.2) is 35.7 Å². The Kier molecular flexibility index (Phi) is 5.01. The molecular weight excluding hydrogens is 278 g/mol. The normalized spacial score (nSPS) is 14.8. The van der Waals surface area contributed by atoms with Gasteiger partial charge in [-0.25, -0.2) is 4.98 Å². The summed E-state index contributed by atoms with van der Waals surface area (Å²) in [5, 5.41) is 3.56. The van der Waals surface area contributed by atoms with Crippen molar-refractivity contribution < 1.29 is 0 Å². The fourth-order valence-corrected chi connectivity index (χ4v) is 3.51. The highest BCUT2D eigenvalue weighted by Crippen LogP contribution is 2.41. The highest BCUT2D eigenvalue weighted by atomic mass is 32.1. The second-order valence-corrected chi connectivity index (χ2v) is 6.64. The van der Waals surface area contributed by atoms with Gasteiger partial charge in [0.25, 0.3) is 0 Å². The van der Waals surface area contributed by atoms with E-state index in [1.165, 1.54) is 29.1 Å². The Morgan fingerprint density at radius 1 is 1.19 bits per heavy atom. The standard InChI is InChI=1S/C17H23N3S/c18-9-11-20(10-8-14-4-2-1-3-5-14)12-16-13-21-17(19-16)15-6-7-15/h1-5,13,15H,6-12,18H2. The second kappa shape index (κ2) is 7.16. The highest BCUT2D eigenvalue weighted by molar-refractivity contribution is 7.09. The van der Waals surface area contributed by atoms with E-state index < -0.39 is 0 Å². The lowest BCUT2D eigenvalue weighted by atomic mass is 10.1. The van der Waals surface area contributed by atoms with Gasteiger partial charge >= 0.3 is 0 Å². The van der Waals surface area contributed by atoms with Crippen LogP contribution in [-0.4, -0.2) is 29.5 Å². The quantitative estimate of drug-likeness (QED) is 0.815. The number of hydrogen-bond donors (Lipinski definition) is 1. The fourth-order valence-electron chi connectivity index (χ4n) is 2.53. The van der Waals surface area contributed by atoms with Crippen molar-refractivity contribution in [3.05, 3.63) is 52.0 Å². The van der Waals surface area contributed by atoms with E-state index >= 15 is 0 Å². The molecule has 1 aliphatic carbocycles. The number of nitrogens with zero attached hydrogens (tertiary/aromatic N) is 2. The van der Waals surface area contributed by atoms with Crippen LogP contribution in [0.1, 0.15) is 35.0 Å². The molecule has 1 saturated carbocycles. The SMILES string of the molecule is NCCN(CCc1ccccc1)Cc1csc(C2CC2)n1. The zero-order chi connectivity index (χ0) is 14.5. The van der Waals surface area contributed by atoms with E-state index in [0.717, 1.165) is 32.0 Å². The van der Waals surface area contributed by atoms with Gasteiger partial charge in [0.15, 0.2) is 0 Å². The second-order valence-electron chi connectivity index (χ2n) is 5.75. The van der Waals surface area contributed by atoms with Crippen LogP contribution >= 0.6 is 11.3 Å². The smallest absolute Gasteiger partial charge is 0.0959 e. The molecule has 1 heterocycles. The Hall–Kier alpha value is -1.23. The molecule has 0 atom stereocenters. The summed E-state index contributed by atoms with van der Waals surface area (Å²) >= 11 is 1.83. The van der Waals surface area contributed by atoms with Crippen LogP contribution in [-0.2, 0) is 13.0 Å². The van der Waals surface area contributed by atoms with Gasteiger partial charge < -0.3 is 5.73 Å². The van der Waals surface area contributed by atoms with Gasteiger partial charge in [-0.2, -0.15) is 0 Å². The number of benzene rings is 1. The molecule has 2 aromatic rings. The Bertz CT molecular complexity index is 548. The van der Waals surface area contributed by atoms with Crippen molar-refractivity contribution in [2.24, 2.45) is 5.73 Å². The van der Waals surface area contributed by atoms with Crippen molar-refractivity contribution >= 4 is 11.3 Å². The minimum Gasteiger partial charge on any atom is -0.329 e. The molecule has 0 amide bonds. The Morgan fingerprint density at radius 2 is 2.00 bits per heavy atom. The number of rotatable bonds is 8. The van der Waals surface area contributed by atoms with Gasteiger partial charge in [-0.15, -0.1) is 11.3 Å². The molecule has 21 heavy (non-hydrogen) atoms. The molecule has 0 spiro atoms. The van der Waals surface area contributed by atoms with E-state index in [4.69, 9.17) is 10.7 Å². The molecule has 0 bridgehead atoms. The van der Waals surface area contributed by atoms with Crippen LogP contribution in [0, 0.1) is 0 Å². The first-order valence-electron chi connectivity index (χ1n) is 7.76. The van der Waals surface area contributed by atoms with Gasteiger partial charge in [0.05, 0.1) is 10.7 Å². The number of nitrogens with two attached hydrogens (primary N) is 1. The van der Waals surface area contributed by atoms with Gasteiger partial charge in [-0.05, 0) is 24.8 Å². The fraction of sp³-hybridized carbons (Fsp3) is 0.471. The lowest BCUT2D eigenvalue weighted by molar-refractivity contribution is 0.273. The van der Waals surface area contributed by atoms with Crippen molar-refractivity contribution in [2.75, 3.05) is 19.6 Å². The van der Waals surface area contributed by atoms with Gasteiger partial charge in [0.1, 0.15) is 0 Å². The molecule has 2 N–H and O–H groups in total. The third-order valence-corrected chi connectivity index (χ3v) is 4.94. The minimum atomic E-state index is 0.703. The third kappa shape index (κ3) is 4.37. The van der Waals surface area contributed by atoms with Crippen molar-refractivity contribution in [1.82, 2.24) is 9.88 Å². The summed E-state index contributed by atoms with van der Waals surface area (Å²) in [6.45, 7) is 3.60. The lowest BCUT2D eigenvalue weighted by Gasteiger charge is -2.20. The number of aromatic nitrogens is 1. The van der Waals surface area contributed by atoms with Crippen molar-refractivity contribution in [3.63, 3.8) is 0 Å². The van der Waals surface area contributed by atoms with E-state index in [-0.39, 0.29) is 0 Å². The summed E-state index contributed by atoms with van der Waals surface area (Å²) in [7, 11) is 0. The molecular formula is C17H23N3S. The molecule has 0 saturated heterocycles.